The van der Waals surface area contributed by atoms with Gasteiger partial charge in [-0.3, -0.25) is 5.10 Å². The van der Waals surface area contributed by atoms with Crippen LogP contribution in [0.1, 0.15) is 5.56 Å². The van der Waals surface area contributed by atoms with Crippen molar-refractivity contribution < 1.29 is 0 Å². The Labute approximate surface area is 179 Å². The van der Waals surface area contributed by atoms with E-state index in [2.05, 4.69) is 26.1 Å². The number of thiocarbonyl (C=S) groups is 1. The molecule has 0 radical (unpaired) electrons. The predicted molar refractivity (Wildman–Crippen MR) is 125 cm³/mol. The van der Waals surface area contributed by atoms with Crippen LogP contribution in [0, 0.1) is 0 Å². The minimum Gasteiger partial charge on any atom is -0.345 e. The summed E-state index contributed by atoms with van der Waals surface area (Å²) in [5.74, 6) is 1.29. The van der Waals surface area contributed by atoms with Crippen molar-refractivity contribution in [3.05, 3.63) is 95.5 Å². The highest BCUT2D eigenvalue weighted by molar-refractivity contribution is 7.81. The number of para-hydroxylation sites is 3. The number of H-pyrrole nitrogens is 1. The average Bonchev–Trinajstić information content (AvgIpc) is 3.13. The maximum absolute atomic E-state index is 6.29. The molecule has 0 aliphatic carbocycles. The van der Waals surface area contributed by atoms with Crippen molar-refractivity contribution in [1.82, 2.24) is 10.2 Å². The van der Waals surface area contributed by atoms with Crippen LogP contribution in [-0.4, -0.2) is 15.2 Å². The molecule has 0 amide bonds. The molecule has 7 heteroatoms. The van der Waals surface area contributed by atoms with E-state index in [1.807, 2.05) is 84.9 Å². The van der Waals surface area contributed by atoms with Crippen molar-refractivity contribution in [3.63, 3.8) is 0 Å². The van der Waals surface area contributed by atoms with Gasteiger partial charge in [-0.05, 0) is 36.4 Å². The second-order valence-electron chi connectivity index (χ2n) is 6.24. The van der Waals surface area contributed by atoms with Crippen LogP contribution in [0.2, 0.25) is 5.02 Å². The lowest BCUT2D eigenvalue weighted by Gasteiger charge is -2.13. The third kappa shape index (κ3) is 4.56. The number of nitrogens with one attached hydrogen (secondary N) is 4. The lowest BCUT2D eigenvalue weighted by atomic mass is 10.2. The maximum atomic E-state index is 6.29. The number of anilines is 5. The molecule has 1 heterocycles. The lowest BCUT2D eigenvalue weighted by Crippen LogP contribution is -2.13. The van der Waals surface area contributed by atoms with Crippen molar-refractivity contribution >= 4 is 57.5 Å². The first-order valence-corrected chi connectivity index (χ1v) is 9.78. The Morgan fingerprint density at radius 1 is 0.793 bits per heavy atom. The summed E-state index contributed by atoms with van der Waals surface area (Å²) >= 11 is 12.0. The number of benzene rings is 3. The van der Waals surface area contributed by atoms with E-state index in [-0.39, 0.29) is 0 Å². The normalized spacial score (nSPS) is 10.4. The zero-order valence-electron chi connectivity index (χ0n) is 15.3. The Kier molecular flexibility index (Phi) is 5.74. The minimum atomic E-state index is 0.490. The van der Waals surface area contributed by atoms with E-state index in [1.165, 1.54) is 0 Å². The van der Waals surface area contributed by atoms with Crippen molar-refractivity contribution in [2.45, 2.75) is 0 Å². The lowest BCUT2D eigenvalue weighted by molar-refractivity contribution is 1.09. The van der Waals surface area contributed by atoms with Gasteiger partial charge in [0.1, 0.15) is 10.8 Å². The van der Waals surface area contributed by atoms with E-state index in [0.29, 0.717) is 27.2 Å². The zero-order chi connectivity index (χ0) is 20.1. The van der Waals surface area contributed by atoms with Crippen LogP contribution < -0.4 is 16.0 Å². The van der Waals surface area contributed by atoms with E-state index in [9.17, 15) is 0 Å². The fourth-order valence-electron chi connectivity index (χ4n) is 2.82. The molecular formula is C22H18ClN5S. The number of aromatic amines is 1. The highest BCUT2D eigenvalue weighted by atomic mass is 35.5. The van der Waals surface area contributed by atoms with Gasteiger partial charge in [-0.1, -0.05) is 72.3 Å². The van der Waals surface area contributed by atoms with E-state index in [0.717, 1.165) is 17.1 Å². The molecule has 144 valence electrons. The molecule has 0 bridgehead atoms. The first-order chi connectivity index (χ1) is 14.2. The minimum absolute atomic E-state index is 0.490. The van der Waals surface area contributed by atoms with Crippen LogP contribution in [0.15, 0.2) is 84.9 Å². The Morgan fingerprint density at radius 3 is 2.03 bits per heavy atom. The van der Waals surface area contributed by atoms with Gasteiger partial charge < -0.3 is 16.0 Å². The van der Waals surface area contributed by atoms with Crippen LogP contribution in [0.5, 0.6) is 0 Å². The fourth-order valence-corrected chi connectivity index (χ4v) is 3.31. The summed E-state index contributed by atoms with van der Waals surface area (Å²) in [6, 6.07) is 27.1. The van der Waals surface area contributed by atoms with Gasteiger partial charge in [-0.15, -0.1) is 0 Å². The first kappa shape index (κ1) is 19.0. The van der Waals surface area contributed by atoms with Crippen LogP contribution >= 0.6 is 23.8 Å². The number of rotatable bonds is 6. The van der Waals surface area contributed by atoms with Crippen LogP contribution in [0.3, 0.4) is 0 Å². The molecule has 0 aliphatic heterocycles. The first-order valence-electron chi connectivity index (χ1n) is 8.99. The summed E-state index contributed by atoms with van der Waals surface area (Å²) in [6.07, 6.45) is 0. The Morgan fingerprint density at radius 2 is 1.38 bits per heavy atom. The number of aromatic nitrogens is 2. The Bertz CT molecular complexity index is 1050. The third-order valence-electron chi connectivity index (χ3n) is 4.20. The van der Waals surface area contributed by atoms with Crippen molar-refractivity contribution in [3.8, 4) is 0 Å². The molecule has 0 saturated carbocycles. The van der Waals surface area contributed by atoms with Gasteiger partial charge in [-0.25, -0.2) is 0 Å². The van der Waals surface area contributed by atoms with E-state index < -0.39 is 0 Å². The van der Waals surface area contributed by atoms with E-state index in [1.54, 1.807) is 0 Å². The van der Waals surface area contributed by atoms with Gasteiger partial charge in [0.05, 0.1) is 16.3 Å². The SMILES string of the molecule is S=C(Nc1ccccc1Cl)c1c(Nc2ccccc2)n[nH]c1Nc1ccccc1. The van der Waals surface area contributed by atoms with Crippen molar-refractivity contribution in [2.24, 2.45) is 0 Å². The maximum Gasteiger partial charge on any atom is 0.164 e. The van der Waals surface area contributed by atoms with Crippen LogP contribution in [0.25, 0.3) is 0 Å². The number of halogens is 1. The molecule has 0 unspecified atom stereocenters. The number of hydrogen-bond acceptors (Lipinski definition) is 4. The second-order valence-corrected chi connectivity index (χ2v) is 7.05. The van der Waals surface area contributed by atoms with Gasteiger partial charge in [-0.2, -0.15) is 5.10 Å². The Balaban J connectivity index is 1.68. The highest BCUT2D eigenvalue weighted by Gasteiger charge is 2.19. The highest BCUT2D eigenvalue weighted by Crippen LogP contribution is 2.30. The van der Waals surface area contributed by atoms with Crippen molar-refractivity contribution in [1.29, 1.82) is 0 Å². The van der Waals surface area contributed by atoms with E-state index in [4.69, 9.17) is 23.8 Å². The van der Waals surface area contributed by atoms with Gasteiger partial charge in [0.25, 0.3) is 0 Å². The summed E-state index contributed by atoms with van der Waals surface area (Å²) in [5.41, 5.74) is 3.28. The van der Waals surface area contributed by atoms with Gasteiger partial charge in [0.2, 0.25) is 0 Å². The molecule has 0 atom stereocenters. The molecule has 0 aliphatic rings. The fraction of sp³-hybridized carbons (Fsp3) is 0. The molecule has 0 spiro atoms. The summed E-state index contributed by atoms with van der Waals surface area (Å²) in [7, 11) is 0. The molecule has 0 saturated heterocycles. The summed E-state index contributed by atoms with van der Waals surface area (Å²) in [4.78, 5) is 0.490. The molecule has 4 aromatic rings. The second kappa shape index (κ2) is 8.77. The van der Waals surface area contributed by atoms with Gasteiger partial charge in [0.15, 0.2) is 5.82 Å². The predicted octanol–water partition coefficient (Wildman–Crippen LogP) is 6.34. The zero-order valence-corrected chi connectivity index (χ0v) is 16.9. The average molecular weight is 420 g/mol. The van der Waals surface area contributed by atoms with Crippen molar-refractivity contribution in [2.75, 3.05) is 16.0 Å². The van der Waals surface area contributed by atoms with Crippen LogP contribution in [0.4, 0.5) is 28.7 Å². The quantitative estimate of drug-likeness (QED) is 0.275. The monoisotopic (exact) mass is 419 g/mol. The largest absolute Gasteiger partial charge is 0.345 e. The molecule has 1 aromatic heterocycles. The topological polar surface area (TPSA) is 64.8 Å². The van der Waals surface area contributed by atoms with Gasteiger partial charge in [0, 0.05) is 11.4 Å². The Hall–Kier alpha value is -3.35. The molecular weight excluding hydrogens is 402 g/mol. The summed E-state index contributed by atoms with van der Waals surface area (Å²) in [5, 5.41) is 17.9. The smallest absolute Gasteiger partial charge is 0.164 e. The molecule has 4 rings (SSSR count). The molecule has 0 fully saturated rings. The number of hydrogen-bond donors (Lipinski definition) is 4. The number of nitrogens with zero attached hydrogens (tertiary/aromatic N) is 1. The molecule has 29 heavy (non-hydrogen) atoms. The molecule has 3 aromatic carbocycles. The molecule has 4 N–H and O–H groups in total. The third-order valence-corrected chi connectivity index (χ3v) is 4.83. The van der Waals surface area contributed by atoms with E-state index >= 15 is 0 Å². The van der Waals surface area contributed by atoms with Gasteiger partial charge >= 0.3 is 0 Å². The standard InChI is InChI=1S/C22H18ClN5S/c23-17-13-7-8-14-18(17)26-22(29)19-20(24-15-9-3-1-4-10-15)27-28-21(19)25-16-11-5-2-6-12-16/h1-14H,(H,26,29)(H3,24,25,27,28). The summed E-state index contributed by atoms with van der Waals surface area (Å²) in [6.45, 7) is 0. The summed E-state index contributed by atoms with van der Waals surface area (Å²) < 4.78 is 0. The van der Waals surface area contributed by atoms with Crippen LogP contribution in [-0.2, 0) is 0 Å². The molecule has 5 nitrogen and oxygen atoms in total.